The molecule has 2 fully saturated rings. The fraction of sp³-hybridized carbons (Fsp3) is 0.500. The second-order valence-electron chi connectivity index (χ2n) is 8.27. The molecule has 1 aromatic carbocycles. The van der Waals surface area contributed by atoms with Crippen LogP contribution in [0.1, 0.15) is 44.1 Å². The van der Waals surface area contributed by atoms with E-state index in [0.29, 0.717) is 19.5 Å². The molecule has 2 aromatic rings. The molecule has 1 aromatic heterocycles. The number of hydrogen-bond acceptors (Lipinski definition) is 4. The van der Waals surface area contributed by atoms with Crippen molar-refractivity contribution in [3.63, 3.8) is 0 Å². The maximum absolute atomic E-state index is 12.9. The highest BCUT2D eigenvalue weighted by Gasteiger charge is 2.44. The van der Waals surface area contributed by atoms with Crippen LogP contribution in [0.3, 0.4) is 0 Å². The standard InChI is InChI=1S/C22H29N5O2/c1-26-18(10-13-25-26)17-8-6-16(7-9-17)15-24-20(28)19-5-4-14-27(19)21(29)22(23)11-2-3-12-22/h6-10,13,19H,2-5,11-12,14-15,23H2,1H3,(H,24,28). The SMILES string of the molecule is Cn1nccc1-c1ccc(CNC(=O)C2CCCN2C(=O)C2(N)CCCC2)cc1. The molecule has 7 heteroatoms. The van der Waals surface area contributed by atoms with Gasteiger partial charge in [0.15, 0.2) is 0 Å². The van der Waals surface area contributed by atoms with Gasteiger partial charge in [-0.25, -0.2) is 0 Å². The first-order chi connectivity index (χ1) is 14.0. The molecule has 1 saturated heterocycles. The number of benzene rings is 1. The Morgan fingerprint density at radius 3 is 2.55 bits per heavy atom. The quantitative estimate of drug-likeness (QED) is 0.809. The highest BCUT2D eigenvalue weighted by atomic mass is 16.2. The Kier molecular flexibility index (Phi) is 5.41. The number of carbonyl (C=O) groups is 2. The Morgan fingerprint density at radius 2 is 1.90 bits per heavy atom. The fourth-order valence-corrected chi connectivity index (χ4v) is 4.55. The van der Waals surface area contributed by atoms with Gasteiger partial charge in [-0.05, 0) is 42.9 Å². The molecule has 4 rings (SSSR count). The Bertz CT molecular complexity index is 883. The summed E-state index contributed by atoms with van der Waals surface area (Å²) in [5.74, 6) is -0.138. The van der Waals surface area contributed by atoms with E-state index < -0.39 is 11.6 Å². The highest BCUT2D eigenvalue weighted by Crippen LogP contribution is 2.31. The van der Waals surface area contributed by atoms with Crippen LogP contribution in [0.2, 0.25) is 0 Å². The molecule has 2 amide bonds. The van der Waals surface area contributed by atoms with E-state index in [-0.39, 0.29) is 11.8 Å². The predicted molar refractivity (Wildman–Crippen MR) is 111 cm³/mol. The van der Waals surface area contributed by atoms with Gasteiger partial charge in [0, 0.05) is 26.3 Å². The lowest BCUT2D eigenvalue weighted by Crippen LogP contribution is -2.57. The Hall–Kier alpha value is -2.67. The van der Waals surface area contributed by atoms with Gasteiger partial charge >= 0.3 is 0 Å². The zero-order valence-electron chi connectivity index (χ0n) is 16.9. The minimum atomic E-state index is -0.773. The predicted octanol–water partition coefficient (Wildman–Crippen LogP) is 1.97. The van der Waals surface area contributed by atoms with Gasteiger partial charge in [-0.2, -0.15) is 5.10 Å². The molecule has 7 nitrogen and oxygen atoms in total. The Balaban J connectivity index is 1.36. The zero-order chi connectivity index (χ0) is 20.4. The summed E-state index contributed by atoms with van der Waals surface area (Å²) in [6.45, 7) is 1.06. The van der Waals surface area contributed by atoms with E-state index in [0.717, 1.165) is 48.9 Å². The molecule has 0 radical (unpaired) electrons. The molecule has 1 aliphatic carbocycles. The van der Waals surface area contributed by atoms with E-state index in [1.165, 1.54) is 0 Å². The number of nitrogens with zero attached hydrogens (tertiary/aromatic N) is 3. The van der Waals surface area contributed by atoms with E-state index in [1.807, 2.05) is 42.1 Å². The lowest BCUT2D eigenvalue weighted by atomic mass is 9.96. The van der Waals surface area contributed by atoms with E-state index in [4.69, 9.17) is 5.73 Å². The van der Waals surface area contributed by atoms with Crippen molar-refractivity contribution in [1.82, 2.24) is 20.0 Å². The summed E-state index contributed by atoms with van der Waals surface area (Å²) in [4.78, 5) is 27.5. The minimum Gasteiger partial charge on any atom is -0.350 e. The summed E-state index contributed by atoms with van der Waals surface area (Å²) in [7, 11) is 1.91. The van der Waals surface area contributed by atoms with Crippen LogP contribution in [0, 0.1) is 0 Å². The monoisotopic (exact) mass is 395 g/mol. The molecule has 3 N–H and O–H groups in total. The van der Waals surface area contributed by atoms with Gasteiger partial charge in [-0.1, -0.05) is 37.1 Å². The number of nitrogens with one attached hydrogen (secondary N) is 1. The average Bonchev–Trinajstić information content (AvgIpc) is 3.47. The third kappa shape index (κ3) is 3.92. The molecule has 2 aliphatic rings. The number of rotatable bonds is 5. The van der Waals surface area contributed by atoms with Gasteiger partial charge in [-0.3, -0.25) is 14.3 Å². The van der Waals surface area contributed by atoms with Crippen molar-refractivity contribution in [3.05, 3.63) is 42.1 Å². The molecular formula is C22H29N5O2. The summed E-state index contributed by atoms with van der Waals surface area (Å²) < 4.78 is 1.83. The summed E-state index contributed by atoms with van der Waals surface area (Å²) in [5, 5.41) is 7.20. The topological polar surface area (TPSA) is 93.2 Å². The van der Waals surface area contributed by atoms with Gasteiger partial charge in [0.1, 0.15) is 6.04 Å². The molecule has 1 atom stereocenters. The highest BCUT2D eigenvalue weighted by molar-refractivity contribution is 5.92. The molecule has 1 saturated carbocycles. The van der Waals surface area contributed by atoms with E-state index >= 15 is 0 Å². The summed E-state index contributed by atoms with van der Waals surface area (Å²) in [6.07, 6.45) is 6.74. The van der Waals surface area contributed by atoms with Crippen LogP contribution in [0.5, 0.6) is 0 Å². The van der Waals surface area contributed by atoms with Crippen molar-refractivity contribution in [2.75, 3.05) is 6.54 Å². The van der Waals surface area contributed by atoms with Crippen LogP contribution in [-0.2, 0) is 23.2 Å². The number of amides is 2. The molecule has 2 heterocycles. The second kappa shape index (κ2) is 7.99. The summed E-state index contributed by atoms with van der Waals surface area (Å²) in [5.41, 5.74) is 8.72. The van der Waals surface area contributed by atoms with Gasteiger partial charge in [0.05, 0.1) is 11.2 Å². The molecule has 29 heavy (non-hydrogen) atoms. The first-order valence-corrected chi connectivity index (χ1v) is 10.4. The third-order valence-electron chi connectivity index (χ3n) is 6.28. The number of likely N-dealkylation sites (tertiary alicyclic amines) is 1. The molecule has 1 aliphatic heterocycles. The number of carbonyl (C=O) groups excluding carboxylic acids is 2. The number of aromatic nitrogens is 2. The normalized spacial score (nSPS) is 20.8. The van der Waals surface area contributed by atoms with Crippen LogP contribution in [0.25, 0.3) is 11.3 Å². The van der Waals surface area contributed by atoms with Crippen molar-refractivity contribution >= 4 is 11.8 Å². The first kappa shape index (κ1) is 19.6. The number of nitrogens with two attached hydrogens (primary N) is 1. The Morgan fingerprint density at radius 1 is 1.17 bits per heavy atom. The van der Waals surface area contributed by atoms with Gasteiger partial charge in [0.25, 0.3) is 0 Å². The van der Waals surface area contributed by atoms with E-state index in [1.54, 1.807) is 11.1 Å². The molecular weight excluding hydrogens is 366 g/mol. The lowest BCUT2D eigenvalue weighted by Gasteiger charge is -2.32. The van der Waals surface area contributed by atoms with Crippen LogP contribution < -0.4 is 11.1 Å². The van der Waals surface area contributed by atoms with Gasteiger partial charge in [-0.15, -0.1) is 0 Å². The van der Waals surface area contributed by atoms with Crippen molar-refractivity contribution in [2.45, 2.75) is 56.7 Å². The number of hydrogen-bond donors (Lipinski definition) is 2. The van der Waals surface area contributed by atoms with Crippen LogP contribution in [0.15, 0.2) is 36.5 Å². The first-order valence-electron chi connectivity index (χ1n) is 10.4. The van der Waals surface area contributed by atoms with Crippen molar-refractivity contribution in [1.29, 1.82) is 0 Å². The van der Waals surface area contributed by atoms with Gasteiger partial charge < -0.3 is 16.0 Å². The molecule has 1 unspecified atom stereocenters. The maximum Gasteiger partial charge on any atom is 0.243 e. The maximum atomic E-state index is 12.9. The largest absolute Gasteiger partial charge is 0.350 e. The van der Waals surface area contributed by atoms with Crippen molar-refractivity contribution in [3.8, 4) is 11.3 Å². The van der Waals surface area contributed by atoms with E-state index in [2.05, 4.69) is 10.4 Å². The summed E-state index contributed by atoms with van der Waals surface area (Å²) >= 11 is 0. The molecule has 154 valence electrons. The van der Waals surface area contributed by atoms with Crippen LogP contribution in [0.4, 0.5) is 0 Å². The fourth-order valence-electron chi connectivity index (χ4n) is 4.55. The average molecular weight is 396 g/mol. The van der Waals surface area contributed by atoms with Crippen molar-refractivity contribution < 1.29 is 9.59 Å². The second-order valence-corrected chi connectivity index (χ2v) is 8.27. The smallest absolute Gasteiger partial charge is 0.243 e. The zero-order valence-corrected chi connectivity index (χ0v) is 16.9. The Labute approximate surface area is 171 Å². The minimum absolute atomic E-state index is 0.0480. The van der Waals surface area contributed by atoms with E-state index in [9.17, 15) is 9.59 Å². The molecule has 0 bridgehead atoms. The lowest BCUT2D eigenvalue weighted by molar-refractivity contribution is -0.142. The van der Waals surface area contributed by atoms with Crippen LogP contribution in [-0.4, -0.2) is 44.6 Å². The summed E-state index contributed by atoms with van der Waals surface area (Å²) in [6, 6.07) is 9.64. The van der Waals surface area contributed by atoms with Gasteiger partial charge in [0.2, 0.25) is 11.8 Å². The number of aryl methyl sites for hydroxylation is 1. The molecule has 0 spiro atoms. The van der Waals surface area contributed by atoms with Crippen molar-refractivity contribution in [2.24, 2.45) is 12.8 Å². The third-order valence-corrected chi connectivity index (χ3v) is 6.28. The van der Waals surface area contributed by atoms with Crippen LogP contribution >= 0.6 is 0 Å².